The molecule has 0 saturated carbocycles. The number of hydrogen-bond acceptors (Lipinski definition) is 5. The minimum absolute atomic E-state index is 0.0981. The number of ether oxygens (including phenoxy) is 1. The highest BCUT2D eigenvalue weighted by Gasteiger charge is 2.54. The zero-order valence-electron chi connectivity index (χ0n) is 17.7. The van der Waals surface area contributed by atoms with Crippen LogP contribution < -0.4 is 0 Å². The molecule has 1 aliphatic heterocycles. The lowest BCUT2D eigenvalue weighted by atomic mass is 9.75. The summed E-state index contributed by atoms with van der Waals surface area (Å²) in [5.74, 6) is -0.967. The Morgan fingerprint density at radius 3 is 2.65 bits per heavy atom. The number of aromatic nitrogens is 1. The van der Waals surface area contributed by atoms with Gasteiger partial charge in [-0.25, -0.2) is 0 Å². The molecular formula is C23H26ClN3O4. The second kappa shape index (κ2) is 10.0. The molecule has 1 atom stereocenters. The molecule has 0 unspecified atom stereocenters. The first-order valence-corrected chi connectivity index (χ1v) is 10.5. The maximum atomic E-state index is 13.4. The number of amides is 3. The zero-order chi connectivity index (χ0) is 22.4. The van der Waals surface area contributed by atoms with E-state index in [-0.39, 0.29) is 37.8 Å². The summed E-state index contributed by atoms with van der Waals surface area (Å²) in [6, 6.07) is 12.5. The summed E-state index contributed by atoms with van der Waals surface area (Å²) in [7, 11) is 3.20. The largest absolute Gasteiger partial charge is 0.383 e. The number of likely N-dealkylation sites (N-methyl/N-ethyl adjacent to an activating group) is 1. The second-order valence-corrected chi connectivity index (χ2v) is 8.05. The third-order valence-corrected chi connectivity index (χ3v) is 5.95. The average Bonchev–Trinajstić information content (AvgIpc) is 3.01. The highest BCUT2D eigenvalue weighted by molar-refractivity contribution is 6.32. The van der Waals surface area contributed by atoms with Crippen LogP contribution in [0.3, 0.4) is 0 Å². The van der Waals surface area contributed by atoms with Crippen LogP contribution in [0.15, 0.2) is 48.7 Å². The van der Waals surface area contributed by atoms with Crippen LogP contribution in [-0.4, -0.2) is 66.4 Å². The van der Waals surface area contributed by atoms with Crippen LogP contribution in [0.2, 0.25) is 5.02 Å². The lowest BCUT2D eigenvalue weighted by molar-refractivity contribution is -0.143. The number of halogens is 1. The molecule has 0 radical (unpaired) electrons. The van der Waals surface area contributed by atoms with Crippen molar-refractivity contribution < 1.29 is 19.1 Å². The van der Waals surface area contributed by atoms with E-state index in [1.165, 1.54) is 12.0 Å². The number of likely N-dealkylation sites (tertiary alicyclic amines) is 1. The van der Waals surface area contributed by atoms with Gasteiger partial charge in [0.2, 0.25) is 17.7 Å². The normalized spacial score (nSPS) is 18.5. The predicted octanol–water partition coefficient (Wildman–Crippen LogP) is 2.47. The average molecular weight is 444 g/mol. The van der Waals surface area contributed by atoms with Gasteiger partial charge in [-0.3, -0.25) is 24.3 Å². The third kappa shape index (κ3) is 4.94. The van der Waals surface area contributed by atoms with Gasteiger partial charge >= 0.3 is 0 Å². The number of hydrogen-bond donors (Lipinski definition) is 0. The van der Waals surface area contributed by atoms with Gasteiger partial charge < -0.3 is 9.64 Å². The quantitative estimate of drug-likeness (QED) is 0.556. The molecule has 1 aromatic heterocycles. The van der Waals surface area contributed by atoms with Gasteiger partial charge in [0.05, 0.1) is 18.6 Å². The lowest BCUT2D eigenvalue weighted by Crippen LogP contribution is -2.44. The first-order valence-electron chi connectivity index (χ1n) is 10.1. The van der Waals surface area contributed by atoms with Crippen molar-refractivity contribution in [3.05, 3.63) is 64.9 Å². The molecule has 0 bridgehead atoms. The van der Waals surface area contributed by atoms with Crippen LogP contribution in [0.4, 0.5) is 0 Å². The van der Waals surface area contributed by atoms with Crippen molar-refractivity contribution in [2.75, 3.05) is 33.9 Å². The molecule has 3 amide bonds. The Balaban J connectivity index is 1.84. The molecule has 0 N–H and O–H groups in total. The van der Waals surface area contributed by atoms with E-state index >= 15 is 0 Å². The van der Waals surface area contributed by atoms with Crippen molar-refractivity contribution in [1.82, 2.24) is 14.8 Å². The van der Waals surface area contributed by atoms with Gasteiger partial charge in [0.1, 0.15) is 0 Å². The summed E-state index contributed by atoms with van der Waals surface area (Å²) in [5, 5.41) is 0.362. The molecule has 0 aliphatic carbocycles. The fourth-order valence-electron chi connectivity index (χ4n) is 3.85. The molecule has 164 valence electrons. The molecule has 31 heavy (non-hydrogen) atoms. The van der Waals surface area contributed by atoms with Gasteiger partial charge in [0.25, 0.3) is 0 Å². The Hall–Kier alpha value is -2.77. The summed E-state index contributed by atoms with van der Waals surface area (Å²) in [6.07, 6.45) is 2.07. The van der Waals surface area contributed by atoms with E-state index in [0.717, 1.165) is 5.69 Å². The minimum atomic E-state index is -1.32. The Labute approximate surface area is 187 Å². The molecule has 2 heterocycles. The van der Waals surface area contributed by atoms with Gasteiger partial charge in [0, 0.05) is 56.9 Å². The number of carbonyl (C=O) groups excluding carboxylic acids is 3. The Morgan fingerprint density at radius 2 is 1.97 bits per heavy atom. The minimum Gasteiger partial charge on any atom is -0.383 e. The van der Waals surface area contributed by atoms with Gasteiger partial charge in [-0.1, -0.05) is 35.9 Å². The first kappa shape index (κ1) is 22.9. The summed E-state index contributed by atoms with van der Waals surface area (Å²) in [5.41, 5.74) is 0.0571. The first-order chi connectivity index (χ1) is 14.9. The number of rotatable bonds is 9. The van der Waals surface area contributed by atoms with E-state index in [9.17, 15) is 14.4 Å². The Bertz CT molecular complexity index is 953. The standard InChI is InChI=1S/C23H26ClN3O4/c1-26(12-10-17-7-5-6-11-25-17)20(28)15-23(18-8-3-4-9-19(18)24)16-21(29)27(22(23)30)13-14-31-2/h3-9,11H,10,12-16H2,1-2H3/t23-/m1/s1. The highest BCUT2D eigenvalue weighted by atomic mass is 35.5. The SMILES string of the molecule is COCCN1C(=O)C[C@](CC(=O)N(C)CCc2ccccn2)(c2ccccc2Cl)C1=O. The van der Waals surface area contributed by atoms with E-state index in [2.05, 4.69) is 4.98 Å². The van der Waals surface area contributed by atoms with Crippen molar-refractivity contribution in [1.29, 1.82) is 0 Å². The van der Waals surface area contributed by atoms with E-state index in [1.807, 2.05) is 18.2 Å². The smallest absolute Gasteiger partial charge is 0.241 e. The molecule has 8 heteroatoms. The van der Waals surface area contributed by atoms with Crippen molar-refractivity contribution >= 4 is 29.3 Å². The van der Waals surface area contributed by atoms with Crippen molar-refractivity contribution in [2.45, 2.75) is 24.7 Å². The summed E-state index contributed by atoms with van der Waals surface area (Å²) >= 11 is 6.42. The molecule has 1 fully saturated rings. The van der Waals surface area contributed by atoms with Crippen LogP contribution in [0.5, 0.6) is 0 Å². The van der Waals surface area contributed by atoms with Gasteiger partial charge in [-0.2, -0.15) is 0 Å². The monoisotopic (exact) mass is 443 g/mol. The summed E-state index contributed by atoms with van der Waals surface area (Å²) in [4.78, 5) is 46.3. The number of methoxy groups -OCH3 is 1. The predicted molar refractivity (Wildman–Crippen MR) is 117 cm³/mol. The number of benzene rings is 1. The van der Waals surface area contributed by atoms with E-state index in [4.69, 9.17) is 16.3 Å². The van der Waals surface area contributed by atoms with Gasteiger partial charge in [0.15, 0.2) is 0 Å². The van der Waals surface area contributed by atoms with Gasteiger partial charge in [-0.05, 0) is 23.8 Å². The maximum Gasteiger partial charge on any atom is 0.241 e. The van der Waals surface area contributed by atoms with Crippen molar-refractivity contribution in [3.63, 3.8) is 0 Å². The lowest BCUT2D eigenvalue weighted by Gasteiger charge is -2.30. The van der Waals surface area contributed by atoms with Crippen LogP contribution in [0, 0.1) is 0 Å². The fraction of sp³-hybridized carbons (Fsp3) is 0.391. The molecule has 1 aromatic carbocycles. The number of pyridine rings is 1. The molecule has 1 aliphatic rings. The fourth-order valence-corrected chi connectivity index (χ4v) is 4.17. The number of nitrogens with zero attached hydrogens (tertiary/aromatic N) is 3. The maximum absolute atomic E-state index is 13.4. The molecular weight excluding hydrogens is 418 g/mol. The Morgan fingerprint density at radius 1 is 1.23 bits per heavy atom. The van der Waals surface area contributed by atoms with E-state index in [1.54, 1.807) is 42.4 Å². The van der Waals surface area contributed by atoms with E-state index in [0.29, 0.717) is 23.6 Å². The van der Waals surface area contributed by atoms with Crippen molar-refractivity contribution in [3.8, 4) is 0 Å². The summed E-state index contributed by atoms with van der Waals surface area (Å²) < 4.78 is 5.04. The third-order valence-electron chi connectivity index (χ3n) is 5.63. The number of imide groups is 1. The van der Waals surface area contributed by atoms with Crippen LogP contribution >= 0.6 is 11.6 Å². The molecule has 2 aromatic rings. The number of carbonyl (C=O) groups is 3. The van der Waals surface area contributed by atoms with Crippen LogP contribution in [-0.2, 0) is 31.0 Å². The zero-order valence-corrected chi connectivity index (χ0v) is 18.5. The molecule has 7 nitrogen and oxygen atoms in total. The summed E-state index contributed by atoms with van der Waals surface area (Å²) in [6.45, 7) is 0.821. The molecule has 1 saturated heterocycles. The Kier molecular flexibility index (Phi) is 7.41. The highest BCUT2D eigenvalue weighted by Crippen LogP contribution is 2.43. The molecule has 3 rings (SSSR count). The van der Waals surface area contributed by atoms with Crippen LogP contribution in [0.1, 0.15) is 24.1 Å². The second-order valence-electron chi connectivity index (χ2n) is 7.65. The van der Waals surface area contributed by atoms with Crippen molar-refractivity contribution in [2.24, 2.45) is 0 Å². The topological polar surface area (TPSA) is 79.8 Å². The van der Waals surface area contributed by atoms with Gasteiger partial charge in [-0.15, -0.1) is 0 Å². The molecule has 0 spiro atoms. The van der Waals surface area contributed by atoms with E-state index < -0.39 is 11.3 Å². The van der Waals surface area contributed by atoms with Crippen LogP contribution in [0.25, 0.3) is 0 Å².